The van der Waals surface area contributed by atoms with Crippen LogP contribution in [0.3, 0.4) is 0 Å². The summed E-state index contributed by atoms with van der Waals surface area (Å²) in [7, 11) is 0. The van der Waals surface area contributed by atoms with E-state index in [4.69, 9.17) is 0 Å². The Hall–Kier alpha value is -1.42. The van der Waals surface area contributed by atoms with Crippen LogP contribution in [0.15, 0.2) is 24.3 Å². The molecule has 0 heterocycles. The molecule has 114 valence electrons. The van der Waals surface area contributed by atoms with Gasteiger partial charge in [0.1, 0.15) is 5.82 Å². The van der Waals surface area contributed by atoms with E-state index in [1.807, 2.05) is 0 Å². The first-order valence-corrected chi connectivity index (χ1v) is 7.77. The first kappa shape index (κ1) is 14.5. The van der Waals surface area contributed by atoms with Gasteiger partial charge < -0.3 is 10.4 Å². The number of halogens is 1. The standard InChI is InChI=1S/C17H22FNO2/c1-10(11-3-2-4-14(18)8-11)17(21)19-16-13-6-5-12(7-13)15(16)9-20/h2-4,8,10,12-13,15-16,20H,5-7,9H2,1H3,(H,19,21). The highest BCUT2D eigenvalue weighted by molar-refractivity contribution is 5.83. The van der Waals surface area contributed by atoms with E-state index in [0.717, 1.165) is 12.8 Å². The van der Waals surface area contributed by atoms with E-state index in [9.17, 15) is 14.3 Å². The number of aliphatic hydroxyl groups excluding tert-OH is 1. The monoisotopic (exact) mass is 291 g/mol. The first-order chi connectivity index (χ1) is 10.1. The largest absolute Gasteiger partial charge is 0.396 e. The van der Waals surface area contributed by atoms with Gasteiger partial charge >= 0.3 is 0 Å². The molecule has 0 radical (unpaired) electrons. The van der Waals surface area contributed by atoms with Crippen molar-refractivity contribution in [1.82, 2.24) is 5.32 Å². The van der Waals surface area contributed by atoms with Gasteiger partial charge in [0.2, 0.25) is 5.91 Å². The Labute approximate surface area is 124 Å². The molecule has 2 fully saturated rings. The molecular formula is C17H22FNO2. The minimum Gasteiger partial charge on any atom is -0.396 e. The minimum atomic E-state index is -0.376. The molecule has 2 aliphatic rings. The normalized spacial score (nSPS) is 32.1. The predicted octanol–water partition coefficient (Wildman–Crippen LogP) is 2.45. The molecule has 2 N–H and O–H groups in total. The van der Waals surface area contributed by atoms with Crippen LogP contribution < -0.4 is 5.32 Å². The van der Waals surface area contributed by atoms with Crippen molar-refractivity contribution in [3.05, 3.63) is 35.6 Å². The molecule has 1 aromatic carbocycles. The Bertz CT molecular complexity index is 533. The number of nitrogens with one attached hydrogen (secondary N) is 1. The molecule has 2 aliphatic carbocycles. The zero-order valence-electron chi connectivity index (χ0n) is 12.3. The maximum Gasteiger partial charge on any atom is 0.227 e. The lowest BCUT2D eigenvalue weighted by Gasteiger charge is -2.31. The van der Waals surface area contributed by atoms with E-state index in [1.165, 1.54) is 18.6 Å². The molecule has 1 amide bonds. The third kappa shape index (κ3) is 2.69. The van der Waals surface area contributed by atoms with Crippen LogP contribution >= 0.6 is 0 Å². The van der Waals surface area contributed by atoms with Gasteiger partial charge in [0.05, 0.1) is 5.92 Å². The van der Waals surface area contributed by atoms with Crippen LogP contribution in [0.2, 0.25) is 0 Å². The number of benzene rings is 1. The fraction of sp³-hybridized carbons (Fsp3) is 0.588. The average Bonchev–Trinajstić information content (AvgIpc) is 3.07. The number of aliphatic hydroxyl groups is 1. The average molecular weight is 291 g/mol. The SMILES string of the molecule is CC(C(=O)NC1C2CCC(C2)C1CO)c1cccc(F)c1. The second-order valence-electron chi connectivity index (χ2n) is 6.49. The van der Waals surface area contributed by atoms with E-state index in [-0.39, 0.29) is 36.2 Å². The van der Waals surface area contributed by atoms with Crippen LogP contribution in [0.25, 0.3) is 0 Å². The summed E-state index contributed by atoms with van der Waals surface area (Å²) in [5, 5.41) is 12.7. The fourth-order valence-corrected chi connectivity index (χ4v) is 4.11. The topological polar surface area (TPSA) is 49.3 Å². The van der Waals surface area contributed by atoms with Crippen LogP contribution in [0, 0.1) is 23.6 Å². The number of rotatable bonds is 4. The molecule has 5 unspecified atom stereocenters. The van der Waals surface area contributed by atoms with Gasteiger partial charge in [0.15, 0.2) is 0 Å². The zero-order valence-corrected chi connectivity index (χ0v) is 12.3. The number of fused-ring (bicyclic) bond motifs is 2. The molecule has 3 nitrogen and oxygen atoms in total. The van der Waals surface area contributed by atoms with Gasteiger partial charge in [-0.05, 0) is 55.7 Å². The Morgan fingerprint density at radius 3 is 2.90 bits per heavy atom. The number of amides is 1. The van der Waals surface area contributed by atoms with Crippen molar-refractivity contribution in [2.75, 3.05) is 6.61 Å². The molecule has 0 saturated heterocycles. The molecule has 1 aromatic rings. The van der Waals surface area contributed by atoms with Gasteiger partial charge in [-0.3, -0.25) is 4.79 Å². The van der Waals surface area contributed by atoms with Crippen LogP contribution in [0.5, 0.6) is 0 Å². The van der Waals surface area contributed by atoms with Gasteiger partial charge in [0.25, 0.3) is 0 Å². The molecule has 2 saturated carbocycles. The number of hydrogen-bond acceptors (Lipinski definition) is 2. The van der Waals surface area contributed by atoms with Gasteiger partial charge in [-0.2, -0.15) is 0 Å². The highest BCUT2D eigenvalue weighted by atomic mass is 19.1. The van der Waals surface area contributed by atoms with Gasteiger partial charge in [-0.1, -0.05) is 12.1 Å². The summed E-state index contributed by atoms with van der Waals surface area (Å²) in [4.78, 5) is 12.4. The summed E-state index contributed by atoms with van der Waals surface area (Å²) in [5.74, 6) is 0.467. The molecule has 5 atom stereocenters. The van der Waals surface area contributed by atoms with Crippen LogP contribution in [-0.4, -0.2) is 23.7 Å². The van der Waals surface area contributed by atoms with E-state index in [0.29, 0.717) is 17.4 Å². The molecule has 3 rings (SSSR count). The first-order valence-electron chi connectivity index (χ1n) is 7.77. The lowest BCUT2D eigenvalue weighted by molar-refractivity contribution is -0.123. The lowest BCUT2D eigenvalue weighted by atomic mass is 9.84. The molecular weight excluding hydrogens is 269 g/mol. The Morgan fingerprint density at radius 1 is 1.43 bits per heavy atom. The van der Waals surface area contributed by atoms with E-state index >= 15 is 0 Å². The van der Waals surface area contributed by atoms with E-state index in [1.54, 1.807) is 19.1 Å². The molecule has 2 bridgehead atoms. The van der Waals surface area contributed by atoms with Gasteiger partial charge in [-0.25, -0.2) is 4.39 Å². The number of carbonyl (C=O) groups is 1. The fourth-order valence-electron chi connectivity index (χ4n) is 4.11. The molecule has 21 heavy (non-hydrogen) atoms. The summed E-state index contributed by atoms with van der Waals surface area (Å²) >= 11 is 0. The molecule has 0 aromatic heterocycles. The third-order valence-corrected chi connectivity index (χ3v) is 5.35. The predicted molar refractivity (Wildman–Crippen MR) is 78.2 cm³/mol. The summed E-state index contributed by atoms with van der Waals surface area (Å²) in [6.45, 7) is 1.94. The summed E-state index contributed by atoms with van der Waals surface area (Å²) in [6, 6.07) is 6.28. The Kier molecular flexibility index (Phi) is 3.98. The Balaban J connectivity index is 1.68. The Morgan fingerprint density at radius 2 is 2.19 bits per heavy atom. The molecule has 0 spiro atoms. The smallest absolute Gasteiger partial charge is 0.227 e. The summed E-state index contributed by atoms with van der Waals surface area (Å²) < 4.78 is 13.3. The van der Waals surface area contributed by atoms with E-state index in [2.05, 4.69) is 5.32 Å². The summed E-state index contributed by atoms with van der Waals surface area (Å²) in [6.07, 6.45) is 3.42. The summed E-state index contributed by atoms with van der Waals surface area (Å²) in [5.41, 5.74) is 0.691. The quantitative estimate of drug-likeness (QED) is 0.895. The van der Waals surface area contributed by atoms with Crippen molar-refractivity contribution in [3.8, 4) is 0 Å². The maximum absolute atomic E-state index is 13.3. The second kappa shape index (κ2) is 5.76. The van der Waals surface area contributed by atoms with Crippen LogP contribution in [0.4, 0.5) is 4.39 Å². The molecule has 0 aliphatic heterocycles. The van der Waals surface area contributed by atoms with Crippen molar-refractivity contribution in [3.63, 3.8) is 0 Å². The highest BCUT2D eigenvalue weighted by Gasteiger charge is 2.47. The van der Waals surface area contributed by atoms with E-state index < -0.39 is 0 Å². The van der Waals surface area contributed by atoms with Crippen molar-refractivity contribution in [2.24, 2.45) is 17.8 Å². The van der Waals surface area contributed by atoms with Crippen molar-refractivity contribution in [2.45, 2.75) is 38.1 Å². The zero-order chi connectivity index (χ0) is 15.0. The van der Waals surface area contributed by atoms with Crippen LogP contribution in [0.1, 0.15) is 37.7 Å². The van der Waals surface area contributed by atoms with Crippen molar-refractivity contribution >= 4 is 5.91 Å². The van der Waals surface area contributed by atoms with Gasteiger partial charge in [-0.15, -0.1) is 0 Å². The maximum atomic E-state index is 13.3. The van der Waals surface area contributed by atoms with Crippen LogP contribution in [-0.2, 0) is 4.79 Å². The highest BCUT2D eigenvalue weighted by Crippen LogP contribution is 2.48. The van der Waals surface area contributed by atoms with Crippen molar-refractivity contribution in [1.29, 1.82) is 0 Å². The molecule has 4 heteroatoms. The van der Waals surface area contributed by atoms with Gasteiger partial charge in [0, 0.05) is 18.6 Å². The number of hydrogen-bond donors (Lipinski definition) is 2. The third-order valence-electron chi connectivity index (χ3n) is 5.35. The number of carbonyl (C=O) groups excluding carboxylic acids is 1. The lowest BCUT2D eigenvalue weighted by Crippen LogP contribution is -2.46. The van der Waals surface area contributed by atoms with Crippen molar-refractivity contribution < 1.29 is 14.3 Å². The minimum absolute atomic E-state index is 0.0726. The second-order valence-corrected chi connectivity index (χ2v) is 6.49.